The molecule has 2 N–H and O–H groups in total. The zero-order valence-electron chi connectivity index (χ0n) is 11.8. The number of carbonyl (C=O) groups is 1. The van der Waals surface area contributed by atoms with Gasteiger partial charge in [-0.3, -0.25) is 4.79 Å². The van der Waals surface area contributed by atoms with Crippen LogP contribution in [0.2, 0.25) is 0 Å². The molecule has 1 unspecified atom stereocenters. The second-order valence-electron chi connectivity index (χ2n) is 4.93. The lowest BCUT2D eigenvalue weighted by atomic mass is 10.1. The molecule has 0 radical (unpaired) electrons. The van der Waals surface area contributed by atoms with Gasteiger partial charge in [0.05, 0.1) is 0 Å². The predicted molar refractivity (Wildman–Crippen MR) is 79.1 cm³/mol. The number of aliphatic hydroxyl groups excluding tert-OH is 1. The van der Waals surface area contributed by atoms with Gasteiger partial charge < -0.3 is 10.4 Å². The van der Waals surface area contributed by atoms with Crippen LogP contribution in [0.4, 0.5) is 5.69 Å². The number of hydrogen-bond acceptors (Lipinski definition) is 2. The number of hydrogen-bond donors (Lipinski definition) is 2. The SMILES string of the molecule is CCCCCCCCC(O)C(=O)Nc1ccccc1. The lowest BCUT2D eigenvalue weighted by Crippen LogP contribution is -2.27. The van der Waals surface area contributed by atoms with Crippen molar-refractivity contribution in [2.75, 3.05) is 5.32 Å². The molecular formula is C16H25NO2. The Labute approximate surface area is 116 Å². The van der Waals surface area contributed by atoms with Gasteiger partial charge >= 0.3 is 0 Å². The van der Waals surface area contributed by atoms with Gasteiger partial charge in [-0.15, -0.1) is 0 Å². The molecule has 0 aromatic heterocycles. The summed E-state index contributed by atoms with van der Waals surface area (Å²) in [5.74, 6) is -0.306. The van der Waals surface area contributed by atoms with E-state index in [2.05, 4.69) is 12.2 Å². The van der Waals surface area contributed by atoms with Gasteiger partial charge in [0.25, 0.3) is 5.91 Å². The molecule has 19 heavy (non-hydrogen) atoms. The number of para-hydroxylation sites is 1. The highest BCUT2D eigenvalue weighted by Gasteiger charge is 2.14. The fraction of sp³-hybridized carbons (Fsp3) is 0.562. The summed E-state index contributed by atoms with van der Waals surface area (Å²) in [7, 11) is 0. The Bertz CT molecular complexity index is 351. The van der Waals surface area contributed by atoms with Crippen molar-refractivity contribution >= 4 is 11.6 Å². The number of rotatable bonds is 9. The van der Waals surface area contributed by atoms with Gasteiger partial charge in [0.1, 0.15) is 6.10 Å². The summed E-state index contributed by atoms with van der Waals surface area (Å²) in [5.41, 5.74) is 0.731. The van der Waals surface area contributed by atoms with Crippen molar-refractivity contribution in [3.05, 3.63) is 30.3 Å². The minimum atomic E-state index is -0.897. The van der Waals surface area contributed by atoms with Crippen molar-refractivity contribution in [3.63, 3.8) is 0 Å². The lowest BCUT2D eigenvalue weighted by molar-refractivity contribution is -0.124. The summed E-state index contributed by atoms with van der Waals surface area (Å²) in [6.45, 7) is 2.19. The fourth-order valence-corrected chi connectivity index (χ4v) is 2.00. The van der Waals surface area contributed by atoms with E-state index in [1.54, 1.807) is 0 Å². The van der Waals surface area contributed by atoms with Gasteiger partial charge in [-0.1, -0.05) is 63.6 Å². The Morgan fingerprint density at radius 3 is 2.42 bits per heavy atom. The normalized spacial score (nSPS) is 12.1. The summed E-state index contributed by atoms with van der Waals surface area (Å²) >= 11 is 0. The topological polar surface area (TPSA) is 49.3 Å². The molecule has 0 aliphatic rings. The van der Waals surface area contributed by atoms with Crippen LogP contribution in [-0.4, -0.2) is 17.1 Å². The van der Waals surface area contributed by atoms with Crippen LogP contribution in [0.1, 0.15) is 51.9 Å². The smallest absolute Gasteiger partial charge is 0.253 e. The van der Waals surface area contributed by atoms with Crippen molar-refractivity contribution in [1.82, 2.24) is 0 Å². The van der Waals surface area contributed by atoms with Crippen molar-refractivity contribution < 1.29 is 9.90 Å². The van der Waals surface area contributed by atoms with Crippen LogP contribution >= 0.6 is 0 Å². The predicted octanol–water partition coefficient (Wildman–Crippen LogP) is 3.74. The number of benzene rings is 1. The maximum atomic E-state index is 11.7. The highest BCUT2D eigenvalue weighted by atomic mass is 16.3. The third-order valence-corrected chi connectivity index (χ3v) is 3.18. The van der Waals surface area contributed by atoms with Crippen LogP contribution in [-0.2, 0) is 4.79 Å². The average Bonchev–Trinajstić information content (AvgIpc) is 2.43. The van der Waals surface area contributed by atoms with Gasteiger partial charge in [-0.25, -0.2) is 0 Å². The van der Waals surface area contributed by atoms with Crippen molar-refractivity contribution in [2.24, 2.45) is 0 Å². The van der Waals surface area contributed by atoms with Gasteiger partial charge in [0.15, 0.2) is 0 Å². The summed E-state index contributed by atoms with van der Waals surface area (Å²) in [6, 6.07) is 9.23. The first-order valence-corrected chi connectivity index (χ1v) is 7.28. The molecule has 0 aliphatic carbocycles. The van der Waals surface area contributed by atoms with Crippen LogP contribution in [0.15, 0.2) is 30.3 Å². The summed E-state index contributed by atoms with van der Waals surface area (Å²) in [4.78, 5) is 11.7. The molecule has 1 aromatic carbocycles. The van der Waals surface area contributed by atoms with Crippen LogP contribution in [0, 0.1) is 0 Å². The Morgan fingerprint density at radius 2 is 1.74 bits per heavy atom. The average molecular weight is 263 g/mol. The van der Waals surface area contributed by atoms with Crippen LogP contribution in [0.25, 0.3) is 0 Å². The van der Waals surface area contributed by atoms with E-state index in [4.69, 9.17) is 0 Å². The minimum Gasteiger partial charge on any atom is -0.383 e. The van der Waals surface area contributed by atoms with E-state index in [0.29, 0.717) is 6.42 Å². The Kier molecular flexibility index (Phi) is 7.91. The maximum absolute atomic E-state index is 11.7. The van der Waals surface area contributed by atoms with E-state index in [1.807, 2.05) is 30.3 Å². The fourth-order valence-electron chi connectivity index (χ4n) is 2.00. The molecule has 106 valence electrons. The Balaban J connectivity index is 2.15. The van der Waals surface area contributed by atoms with Crippen LogP contribution in [0.5, 0.6) is 0 Å². The Hall–Kier alpha value is -1.35. The van der Waals surface area contributed by atoms with E-state index in [1.165, 1.54) is 25.7 Å². The number of unbranched alkanes of at least 4 members (excludes halogenated alkanes) is 5. The molecule has 0 aliphatic heterocycles. The number of nitrogens with one attached hydrogen (secondary N) is 1. The number of aliphatic hydroxyl groups is 1. The molecular weight excluding hydrogens is 238 g/mol. The second kappa shape index (κ2) is 9.56. The first-order valence-electron chi connectivity index (χ1n) is 7.28. The molecule has 0 saturated heterocycles. The molecule has 1 aromatic rings. The molecule has 0 spiro atoms. The molecule has 1 atom stereocenters. The van der Waals surface area contributed by atoms with Crippen molar-refractivity contribution in [2.45, 2.75) is 58.0 Å². The molecule has 3 heteroatoms. The van der Waals surface area contributed by atoms with E-state index in [-0.39, 0.29) is 5.91 Å². The molecule has 3 nitrogen and oxygen atoms in total. The summed E-state index contributed by atoms with van der Waals surface area (Å²) in [5, 5.41) is 12.5. The number of amides is 1. The molecule has 0 heterocycles. The van der Waals surface area contributed by atoms with Crippen molar-refractivity contribution in [1.29, 1.82) is 0 Å². The monoisotopic (exact) mass is 263 g/mol. The largest absolute Gasteiger partial charge is 0.383 e. The highest BCUT2D eigenvalue weighted by Crippen LogP contribution is 2.11. The number of carbonyl (C=O) groups excluding carboxylic acids is 1. The molecule has 1 amide bonds. The van der Waals surface area contributed by atoms with Gasteiger partial charge in [-0.05, 0) is 18.6 Å². The Morgan fingerprint density at radius 1 is 1.11 bits per heavy atom. The van der Waals surface area contributed by atoms with E-state index >= 15 is 0 Å². The molecule has 0 bridgehead atoms. The minimum absolute atomic E-state index is 0.306. The summed E-state index contributed by atoms with van der Waals surface area (Å²) in [6.07, 6.45) is 6.61. The molecule has 1 rings (SSSR count). The van der Waals surface area contributed by atoms with Crippen molar-refractivity contribution in [3.8, 4) is 0 Å². The highest BCUT2D eigenvalue weighted by molar-refractivity contribution is 5.93. The first-order chi connectivity index (χ1) is 9.24. The van der Waals surface area contributed by atoms with E-state index in [0.717, 1.165) is 18.5 Å². The van der Waals surface area contributed by atoms with Gasteiger partial charge in [0, 0.05) is 5.69 Å². The first kappa shape index (κ1) is 15.7. The maximum Gasteiger partial charge on any atom is 0.253 e. The zero-order chi connectivity index (χ0) is 13.9. The van der Waals surface area contributed by atoms with Gasteiger partial charge in [0.2, 0.25) is 0 Å². The zero-order valence-corrected chi connectivity index (χ0v) is 11.8. The third-order valence-electron chi connectivity index (χ3n) is 3.18. The van der Waals surface area contributed by atoms with Gasteiger partial charge in [-0.2, -0.15) is 0 Å². The molecule has 0 fully saturated rings. The second-order valence-corrected chi connectivity index (χ2v) is 4.93. The molecule has 0 saturated carbocycles. The lowest BCUT2D eigenvalue weighted by Gasteiger charge is -2.11. The number of anilines is 1. The van der Waals surface area contributed by atoms with E-state index < -0.39 is 6.10 Å². The van der Waals surface area contributed by atoms with Crippen LogP contribution < -0.4 is 5.32 Å². The quantitative estimate of drug-likeness (QED) is 0.667. The summed E-state index contributed by atoms with van der Waals surface area (Å²) < 4.78 is 0. The standard InChI is InChI=1S/C16H25NO2/c1-2-3-4-5-6-10-13-15(18)16(19)17-14-11-8-7-9-12-14/h7-9,11-12,15,18H,2-6,10,13H2,1H3,(H,17,19). The van der Waals surface area contributed by atoms with Crippen LogP contribution in [0.3, 0.4) is 0 Å². The third kappa shape index (κ3) is 6.97. The van der Waals surface area contributed by atoms with E-state index in [9.17, 15) is 9.90 Å².